The van der Waals surface area contributed by atoms with E-state index in [0.717, 1.165) is 24.6 Å². The van der Waals surface area contributed by atoms with Crippen LogP contribution in [0.1, 0.15) is 25.3 Å². The highest BCUT2D eigenvalue weighted by atomic mass is 32.2. The van der Waals surface area contributed by atoms with Crippen LogP contribution in [0.15, 0.2) is 52.3 Å². The molecule has 2 aromatic carbocycles. The summed E-state index contributed by atoms with van der Waals surface area (Å²) in [5.41, 5.74) is 1.10. The molecule has 2 aromatic rings. The second-order valence-corrected chi connectivity index (χ2v) is 10.8. The van der Waals surface area contributed by atoms with E-state index in [1.54, 1.807) is 11.0 Å². The summed E-state index contributed by atoms with van der Waals surface area (Å²) in [4.78, 5) is 27.9. The number of likely N-dealkylation sites (tertiary alicyclic amines) is 1. The minimum absolute atomic E-state index is 0.0173. The van der Waals surface area contributed by atoms with E-state index >= 15 is 0 Å². The molecule has 2 N–H and O–H groups in total. The van der Waals surface area contributed by atoms with Crippen molar-refractivity contribution < 1.29 is 18.0 Å². The molecule has 0 radical (unpaired) electrons. The highest BCUT2D eigenvalue weighted by molar-refractivity contribution is 8.01. The number of carbonyl (C=O) groups is 2. The van der Waals surface area contributed by atoms with Crippen molar-refractivity contribution in [3.8, 4) is 6.07 Å². The van der Waals surface area contributed by atoms with Crippen LogP contribution in [-0.2, 0) is 19.6 Å². The molecule has 1 atom stereocenters. The predicted octanol–water partition coefficient (Wildman–Crippen LogP) is 3.03. The summed E-state index contributed by atoms with van der Waals surface area (Å²) < 4.78 is 28.0. The smallest absolute Gasteiger partial charge is 0.261 e. The summed E-state index contributed by atoms with van der Waals surface area (Å²) in [6.45, 7) is 3.45. The van der Waals surface area contributed by atoms with Gasteiger partial charge in [-0.3, -0.25) is 14.3 Å². The van der Waals surface area contributed by atoms with E-state index in [0.29, 0.717) is 40.8 Å². The summed E-state index contributed by atoms with van der Waals surface area (Å²) in [5.74, 6) is -0.0733. The van der Waals surface area contributed by atoms with Gasteiger partial charge in [-0.2, -0.15) is 5.26 Å². The molecule has 0 aromatic heterocycles. The van der Waals surface area contributed by atoms with Gasteiger partial charge in [-0.15, -0.1) is 11.8 Å². The average molecular weight is 471 g/mol. The summed E-state index contributed by atoms with van der Waals surface area (Å²) in [6.07, 6.45) is 1.85. The van der Waals surface area contributed by atoms with Crippen LogP contribution in [0.5, 0.6) is 0 Å². The Bertz CT molecular complexity index is 1200. The molecule has 2 aliphatic heterocycles. The lowest BCUT2D eigenvalue weighted by Gasteiger charge is -2.33. The maximum Gasteiger partial charge on any atom is 0.261 e. The van der Waals surface area contributed by atoms with Gasteiger partial charge in [0, 0.05) is 23.7 Å². The number of benzene rings is 2. The Hall–Kier alpha value is -3.03. The number of thioether (sulfide) groups is 1. The van der Waals surface area contributed by atoms with Gasteiger partial charge in [-0.25, -0.2) is 8.42 Å². The average Bonchev–Trinajstić information content (AvgIpc) is 2.78. The molecule has 32 heavy (non-hydrogen) atoms. The minimum atomic E-state index is -3.90. The fourth-order valence-corrected chi connectivity index (χ4v) is 5.78. The first-order valence-electron chi connectivity index (χ1n) is 10.2. The molecule has 10 heteroatoms. The van der Waals surface area contributed by atoms with Gasteiger partial charge in [0.2, 0.25) is 11.8 Å². The van der Waals surface area contributed by atoms with Gasteiger partial charge in [0.25, 0.3) is 10.0 Å². The third-order valence-electron chi connectivity index (χ3n) is 5.59. The van der Waals surface area contributed by atoms with E-state index in [1.807, 2.05) is 6.07 Å². The molecule has 0 aliphatic carbocycles. The van der Waals surface area contributed by atoms with Crippen molar-refractivity contribution >= 4 is 45.0 Å². The number of hydrogen-bond acceptors (Lipinski definition) is 6. The lowest BCUT2D eigenvalue weighted by atomic mass is 9.99. The Morgan fingerprint density at radius 2 is 1.88 bits per heavy atom. The first-order valence-corrected chi connectivity index (χ1v) is 12.6. The van der Waals surface area contributed by atoms with Gasteiger partial charge < -0.3 is 10.2 Å². The summed E-state index contributed by atoms with van der Waals surface area (Å²) in [7, 11) is -3.90. The van der Waals surface area contributed by atoms with E-state index in [2.05, 4.69) is 17.0 Å². The second kappa shape index (κ2) is 8.84. The molecular weight excluding hydrogens is 448 g/mol. The van der Waals surface area contributed by atoms with E-state index in [9.17, 15) is 18.0 Å². The Balaban J connectivity index is 1.50. The molecule has 2 amide bonds. The number of piperidine rings is 1. The Labute approximate surface area is 191 Å². The monoisotopic (exact) mass is 470 g/mol. The minimum Gasteiger partial charge on any atom is -0.341 e. The van der Waals surface area contributed by atoms with Crippen LogP contribution < -0.4 is 10.0 Å². The Kier molecular flexibility index (Phi) is 6.13. The number of sulfonamides is 1. The van der Waals surface area contributed by atoms with Crippen molar-refractivity contribution in [3.05, 3.63) is 48.0 Å². The number of anilines is 2. The maximum absolute atomic E-state index is 12.9. The molecule has 1 saturated heterocycles. The summed E-state index contributed by atoms with van der Waals surface area (Å²) >= 11 is 1.15. The highest BCUT2D eigenvalue weighted by Gasteiger charge is 2.37. The molecule has 0 unspecified atom stereocenters. The molecule has 0 spiro atoms. The second-order valence-electron chi connectivity index (χ2n) is 7.95. The van der Waals surface area contributed by atoms with Gasteiger partial charge in [-0.1, -0.05) is 6.92 Å². The first kappa shape index (κ1) is 22.2. The van der Waals surface area contributed by atoms with Crippen molar-refractivity contribution in [1.82, 2.24) is 4.90 Å². The van der Waals surface area contributed by atoms with E-state index in [4.69, 9.17) is 5.26 Å². The first-order chi connectivity index (χ1) is 15.3. The lowest BCUT2D eigenvalue weighted by molar-refractivity contribution is -0.135. The van der Waals surface area contributed by atoms with Crippen LogP contribution in [0.3, 0.4) is 0 Å². The molecule has 2 aliphatic rings. The third kappa shape index (κ3) is 4.59. The van der Waals surface area contributed by atoms with Gasteiger partial charge in [-0.05, 0) is 61.2 Å². The van der Waals surface area contributed by atoms with Gasteiger partial charge >= 0.3 is 0 Å². The van der Waals surface area contributed by atoms with Crippen LogP contribution >= 0.6 is 11.8 Å². The van der Waals surface area contributed by atoms with E-state index in [-0.39, 0.29) is 10.8 Å². The van der Waals surface area contributed by atoms with E-state index < -0.39 is 21.2 Å². The Morgan fingerprint density at radius 1 is 1.19 bits per heavy atom. The molecule has 8 nitrogen and oxygen atoms in total. The quantitative estimate of drug-likeness (QED) is 0.663. The number of amides is 2. The fraction of sp³-hybridized carbons (Fsp3) is 0.318. The standard InChI is InChI=1S/C22H22N4O4S2/c1-14-8-10-26(11-9-14)22(28)20-21(27)24-18-12-17(6-7-19(18)31-20)32(29,30)25-16-4-2-15(13-23)3-5-16/h2-7,12,14,20,25H,8-11H2,1H3,(H,24,27)/t20-/m1/s1. The zero-order valence-corrected chi connectivity index (χ0v) is 19.0. The molecule has 2 heterocycles. The van der Waals surface area contributed by atoms with Crippen molar-refractivity contribution in [2.45, 2.75) is 34.8 Å². The van der Waals surface area contributed by atoms with Crippen molar-refractivity contribution in [2.24, 2.45) is 5.92 Å². The van der Waals surface area contributed by atoms with Crippen molar-refractivity contribution in [3.63, 3.8) is 0 Å². The zero-order chi connectivity index (χ0) is 22.9. The van der Waals surface area contributed by atoms with Crippen LogP contribution in [0, 0.1) is 17.2 Å². The normalized spacial score (nSPS) is 18.9. The number of carbonyl (C=O) groups excluding carboxylic acids is 2. The maximum atomic E-state index is 12.9. The molecular formula is C22H22N4O4S2. The lowest BCUT2D eigenvalue weighted by Crippen LogP contribution is -2.47. The van der Waals surface area contributed by atoms with Gasteiger partial charge in [0.15, 0.2) is 5.25 Å². The van der Waals surface area contributed by atoms with Crippen molar-refractivity contribution in [1.29, 1.82) is 5.26 Å². The summed E-state index contributed by atoms with van der Waals surface area (Å²) in [6, 6.07) is 12.4. The predicted molar refractivity (Wildman–Crippen MR) is 122 cm³/mol. The zero-order valence-electron chi connectivity index (χ0n) is 17.4. The SMILES string of the molecule is CC1CCN(C(=O)[C@@H]2Sc3ccc(S(=O)(=O)Nc4ccc(C#N)cc4)cc3NC2=O)CC1. The van der Waals surface area contributed by atoms with E-state index in [1.165, 1.54) is 36.4 Å². The molecule has 0 bridgehead atoms. The van der Waals surface area contributed by atoms with Crippen LogP contribution in [0.4, 0.5) is 11.4 Å². The molecule has 1 fully saturated rings. The molecule has 4 rings (SSSR count). The number of fused-ring (bicyclic) bond motifs is 1. The van der Waals surface area contributed by atoms with Crippen LogP contribution in [0.25, 0.3) is 0 Å². The molecule has 166 valence electrons. The number of rotatable bonds is 4. The van der Waals surface area contributed by atoms with Gasteiger partial charge in [0.05, 0.1) is 22.2 Å². The highest BCUT2D eigenvalue weighted by Crippen LogP contribution is 2.38. The van der Waals surface area contributed by atoms with Crippen molar-refractivity contribution in [2.75, 3.05) is 23.1 Å². The number of nitrogens with one attached hydrogen (secondary N) is 2. The van der Waals surface area contributed by atoms with Crippen LogP contribution in [0.2, 0.25) is 0 Å². The Morgan fingerprint density at radius 3 is 2.53 bits per heavy atom. The number of hydrogen-bond donors (Lipinski definition) is 2. The largest absolute Gasteiger partial charge is 0.341 e. The topological polar surface area (TPSA) is 119 Å². The van der Waals surface area contributed by atoms with Gasteiger partial charge in [0.1, 0.15) is 0 Å². The number of nitriles is 1. The fourth-order valence-electron chi connectivity index (χ4n) is 3.64. The number of nitrogens with zero attached hydrogens (tertiary/aromatic N) is 2. The third-order valence-corrected chi connectivity index (χ3v) is 8.23. The summed E-state index contributed by atoms with van der Waals surface area (Å²) in [5, 5.41) is 10.7. The molecule has 0 saturated carbocycles. The van der Waals surface area contributed by atoms with Crippen LogP contribution in [-0.4, -0.2) is 43.5 Å².